The Labute approximate surface area is 121 Å². The van der Waals surface area contributed by atoms with E-state index in [0.29, 0.717) is 11.5 Å². The van der Waals surface area contributed by atoms with Crippen LogP contribution in [-0.4, -0.2) is 43.3 Å². The lowest BCUT2D eigenvalue weighted by atomic mass is 10.3. The molecule has 0 aliphatic carbocycles. The summed E-state index contributed by atoms with van der Waals surface area (Å²) in [5.74, 6) is 1.02. The molecule has 1 heterocycles. The van der Waals surface area contributed by atoms with Gasteiger partial charge in [0, 0.05) is 6.07 Å². The van der Waals surface area contributed by atoms with Crippen molar-refractivity contribution in [1.82, 2.24) is 25.3 Å². The van der Waals surface area contributed by atoms with Crippen molar-refractivity contribution < 1.29 is 17.9 Å². The number of nitrogens with one attached hydrogen (secondary N) is 2. The zero-order valence-electron chi connectivity index (χ0n) is 11.7. The van der Waals surface area contributed by atoms with E-state index in [1.807, 2.05) is 0 Å². The van der Waals surface area contributed by atoms with Crippen molar-refractivity contribution in [3.8, 4) is 11.5 Å². The Morgan fingerprint density at radius 3 is 2.52 bits per heavy atom. The second-order valence-electron chi connectivity index (χ2n) is 4.13. The molecule has 114 valence electrons. The van der Waals surface area contributed by atoms with Gasteiger partial charge in [0.25, 0.3) is 0 Å². The predicted molar refractivity (Wildman–Crippen MR) is 72.5 cm³/mol. The Morgan fingerprint density at radius 1 is 1.24 bits per heavy atom. The number of aromatic amines is 1. The number of hydrogen-bond acceptors (Lipinski definition) is 7. The van der Waals surface area contributed by atoms with Crippen LogP contribution in [0.1, 0.15) is 18.8 Å². The van der Waals surface area contributed by atoms with Crippen molar-refractivity contribution in [2.24, 2.45) is 0 Å². The number of methoxy groups -OCH3 is 2. The highest BCUT2D eigenvalue weighted by molar-refractivity contribution is 7.89. The van der Waals surface area contributed by atoms with E-state index >= 15 is 0 Å². The third kappa shape index (κ3) is 3.28. The maximum Gasteiger partial charge on any atom is 0.241 e. The normalized spacial score (nSPS) is 12.9. The number of H-pyrrole nitrogens is 1. The number of ether oxygens (including phenoxy) is 2. The number of sulfonamides is 1. The average Bonchev–Trinajstić information content (AvgIpc) is 3.00. The zero-order valence-corrected chi connectivity index (χ0v) is 12.5. The third-order valence-corrected chi connectivity index (χ3v) is 4.28. The van der Waals surface area contributed by atoms with Gasteiger partial charge >= 0.3 is 0 Å². The maximum atomic E-state index is 12.3. The molecule has 2 aromatic rings. The summed E-state index contributed by atoms with van der Waals surface area (Å²) in [5.41, 5.74) is 0. The summed E-state index contributed by atoms with van der Waals surface area (Å²) in [6, 6.07) is 3.70. The molecule has 0 amide bonds. The fraction of sp³-hybridized carbons (Fsp3) is 0.364. The van der Waals surface area contributed by atoms with E-state index in [4.69, 9.17) is 9.47 Å². The quantitative estimate of drug-likeness (QED) is 0.784. The minimum atomic E-state index is -3.75. The van der Waals surface area contributed by atoms with Gasteiger partial charge in [-0.3, -0.25) is 0 Å². The molecule has 2 N–H and O–H groups in total. The van der Waals surface area contributed by atoms with Crippen LogP contribution in [0.15, 0.2) is 23.1 Å². The first-order valence-corrected chi connectivity index (χ1v) is 7.44. The molecule has 2 rings (SSSR count). The van der Waals surface area contributed by atoms with Crippen LogP contribution >= 0.6 is 0 Å². The summed E-state index contributed by atoms with van der Waals surface area (Å²) in [7, 11) is -0.841. The Balaban J connectivity index is 2.27. The Bertz CT molecular complexity index is 701. The molecular weight excluding hydrogens is 298 g/mol. The van der Waals surface area contributed by atoms with Crippen molar-refractivity contribution in [2.45, 2.75) is 17.9 Å². The smallest absolute Gasteiger partial charge is 0.241 e. The molecule has 0 bridgehead atoms. The van der Waals surface area contributed by atoms with E-state index in [-0.39, 0.29) is 10.7 Å². The minimum Gasteiger partial charge on any atom is -0.493 e. The van der Waals surface area contributed by atoms with Crippen molar-refractivity contribution in [3.63, 3.8) is 0 Å². The van der Waals surface area contributed by atoms with Crippen LogP contribution in [-0.2, 0) is 10.0 Å². The summed E-state index contributed by atoms with van der Waals surface area (Å²) in [6.07, 6.45) is 0. The molecule has 0 fully saturated rings. The van der Waals surface area contributed by atoms with Crippen LogP contribution in [0, 0.1) is 0 Å². The van der Waals surface area contributed by atoms with Crippen LogP contribution in [0.3, 0.4) is 0 Å². The standard InChI is InChI=1S/C11H15N5O4S/c1-7(11-12-15-16-13-11)14-21(17,18)8-4-5-9(19-2)10(6-8)20-3/h4-7,14H,1-3H3,(H,12,13,15,16). The Hall–Kier alpha value is -2.20. The van der Waals surface area contributed by atoms with Crippen LogP contribution in [0.4, 0.5) is 0 Å². The molecule has 1 aromatic heterocycles. The van der Waals surface area contributed by atoms with Gasteiger partial charge < -0.3 is 9.47 Å². The molecule has 21 heavy (non-hydrogen) atoms. The lowest BCUT2D eigenvalue weighted by molar-refractivity contribution is 0.354. The van der Waals surface area contributed by atoms with Gasteiger partial charge in [-0.05, 0) is 19.1 Å². The minimum absolute atomic E-state index is 0.0514. The zero-order chi connectivity index (χ0) is 15.5. The van der Waals surface area contributed by atoms with Crippen LogP contribution in [0.5, 0.6) is 11.5 Å². The van der Waals surface area contributed by atoms with Gasteiger partial charge in [0.2, 0.25) is 10.0 Å². The Morgan fingerprint density at radius 2 is 1.95 bits per heavy atom. The van der Waals surface area contributed by atoms with E-state index in [2.05, 4.69) is 25.3 Å². The largest absolute Gasteiger partial charge is 0.493 e. The van der Waals surface area contributed by atoms with Gasteiger partial charge in [0.15, 0.2) is 17.3 Å². The molecular formula is C11H15N5O4S. The monoisotopic (exact) mass is 313 g/mol. The highest BCUT2D eigenvalue weighted by Crippen LogP contribution is 2.29. The molecule has 0 spiro atoms. The molecule has 9 nitrogen and oxygen atoms in total. The topological polar surface area (TPSA) is 119 Å². The summed E-state index contributed by atoms with van der Waals surface area (Å²) in [4.78, 5) is 0.0514. The highest BCUT2D eigenvalue weighted by Gasteiger charge is 2.22. The number of aromatic nitrogens is 4. The van der Waals surface area contributed by atoms with E-state index < -0.39 is 16.1 Å². The Kier molecular flexibility index (Phi) is 4.38. The first kappa shape index (κ1) is 15.2. The van der Waals surface area contributed by atoms with E-state index in [1.54, 1.807) is 6.92 Å². The molecule has 0 aliphatic rings. The fourth-order valence-electron chi connectivity index (χ4n) is 1.69. The molecule has 0 aliphatic heterocycles. The molecule has 1 aromatic carbocycles. The summed E-state index contributed by atoms with van der Waals surface area (Å²) >= 11 is 0. The molecule has 1 atom stereocenters. The number of rotatable bonds is 6. The maximum absolute atomic E-state index is 12.3. The van der Waals surface area contributed by atoms with E-state index in [0.717, 1.165) is 0 Å². The first-order chi connectivity index (χ1) is 9.97. The van der Waals surface area contributed by atoms with Gasteiger partial charge in [0.05, 0.1) is 25.2 Å². The first-order valence-electron chi connectivity index (χ1n) is 5.95. The van der Waals surface area contributed by atoms with E-state index in [1.165, 1.54) is 32.4 Å². The average molecular weight is 313 g/mol. The molecule has 0 saturated heterocycles. The second kappa shape index (κ2) is 6.06. The van der Waals surface area contributed by atoms with Crippen LogP contribution < -0.4 is 14.2 Å². The van der Waals surface area contributed by atoms with Crippen molar-refractivity contribution in [2.75, 3.05) is 14.2 Å². The van der Waals surface area contributed by atoms with Crippen LogP contribution in [0.2, 0.25) is 0 Å². The molecule has 0 radical (unpaired) electrons. The van der Waals surface area contributed by atoms with Crippen LogP contribution in [0.25, 0.3) is 0 Å². The second-order valence-corrected chi connectivity index (χ2v) is 5.84. The third-order valence-electron chi connectivity index (χ3n) is 2.75. The lowest BCUT2D eigenvalue weighted by Gasteiger charge is -2.13. The summed E-state index contributed by atoms with van der Waals surface area (Å²) in [6.45, 7) is 1.61. The van der Waals surface area contributed by atoms with E-state index in [9.17, 15) is 8.42 Å². The van der Waals surface area contributed by atoms with Gasteiger partial charge in [-0.1, -0.05) is 5.21 Å². The summed E-state index contributed by atoms with van der Waals surface area (Å²) < 4.78 is 37.2. The lowest BCUT2D eigenvalue weighted by Crippen LogP contribution is -2.27. The predicted octanol–water partition coefficient (Wildman–Crippen LogP) is 0.256. The highest BCUT2D eigenvalue weighted by atomic mass is 32.2. The van der Waals surface area contributed by atoms with Gasteiger partial charge in [-0.15, -0.1) is 10.2 Å². The van der Waals surface area contributed by atoms with Gasteiger partial charge in [0.1, 0.15) is 0 Å². The summed E-state index contributed by atoms with van der Waals surface area (Å²) in [5, 5.41) is 13.1. The fourth-order valence-corrected chi connectivity index (χ4v) is 2.91. The number of nitrogens with zero attached hydrogens (tertiary/aromatic N) is 3. The van der Waals surface area contributed by atoms with Crippen molar-refractivity contribution in [1.29, 1.82) is 0 Å². The molecule has 10 heteroatoms. The number of tetrazole rings is 1. The number of hydrogen-bond donors (Lipinski definition) is 2. The SMILES string of the molecule is COc1ccc(S(=O)(=O)NC(C)c2nn[nH]n2)cc1OC. The molecule has 0 saturated carbocycles. The van der Waals surface area contributed by atoms with Crippen molar-refractivity contribution in [3.05, 3.63) is 24.0 Å². The molecule has 1 unspecified atom stereocenters. The van der Waals surface area contributed by atoms with Gasteiger partial charge in [-0.25, -0.2) is 13.1 Å². The number of benzene rings is 1. The van der Waals surface area contributed by atoms with Gasteiger partial charge in [-0.2, -0.15) is 5.21 Å². The van der Waals surface area contributed by atoms with Crippen molar-refractivity contribution >= 4 is 10.0 Å².